The molecule has 1 atom stereocenters. The molecule has 1 amide bonds. The van der Waals surface area contributed by atoms with E-state index in [4.69, 9.17) is 5.73 Å². The van der Waals surface area contributed by atoms with Gasteiger partial charge in [-0.1, -0.05) is 0 Å². The van der Waals surface area contributed by atoms with E-state index < -0.39 is 11.7 Å². The van der Waals surface area contributed by atoms with Gasteiger partial charge in [0.15, 0.2) is 5.83 Å². The molecular formula is C8H15FN2O. The first kappa shape index (κ1) is 11.1. The minimum atomic E-state index is -0.727. The molecule has 0 rings (SSSR count). The molecule has 12 heavy (non-hydrogen) atoms. The van der Waals surface area contributed by atoms with Gasteiger partial charge in [-0.15, -0.1) is 0 Å². The second kappa shape index (κ2) is 4.87. The molecule has 0 spiro atoms. The number of amides is 1. The summed E-state index contributed by atoms with van der Waals surface area (Å²) < 4.78 is 12.8. The average Bonchev–Trinajstić information content (AvgIpc) is 2.02. The van der Waals surface area contributed by atoms with Gasteiger partial charge in [0.25, 0.3) is 5.91 Å². The lowest BCUT2D eigenvalue weighted by molar-refractivity contribution is -0.119. The summed E-state index contributed by atoms with van der Waals surface area (Å²) in [4.78, 5) is 11.0. The summed E-state index contributed by atoms with van der Waals surface area (Å²) in [6.45, 7) is 5.11. The third-order valence-corrected chi connectivity index (χ3v) is 1.37. The van der Waals surface area contributed by atoms with Crippen molar-refractivity contribution in [2.75, 3.05) is 6.54 Å². The van der Waals surface area contributed by atoms with Gasteiger partial charge >= 0.3 is 0 Å². The molecule has 0 aliphatic heterocycles. The Balaban J connectivity index is 4.15. The molecule has 0 bridgehead atoms. The topological polar surface area (TPSA) is 55.1 Å². The maximum absolute atomic E-state index is 12.8. The van der Waals surface area contributed by atoms with E-state index in [1.54, 1.807) is 20.8 Å². The van der Waals surface area contributed by atoms with Crippen LogP contribution in [0.1, 0.15) is 20.8 Å². The molecule has 3 nitrogen and oxygen atoms in total. The molecular weight excluding hydrogens is 159 g/mol. The Labute approximate surface area is 71.8 Å². The molecule has 70 valence electrons. The van der Waals surface area contributed by atoms with Crippen molar-refractivity contribution in [3.8, 4) is 0 Å². The van der Waals surface area contributed by atoms with Crippen molar-refractivity contribution in [3.63, 3.8) is 0 Å². The van der Waals surface area contributed by atoms with Gasteiger partial charge in [-0.25, -0.2) is 4.39 Å². The van der Waals surface area contributed by atoms with E-state index in [-0.39, 0.29) is 6.04 Å². The molecule has 0 heterocycles. The minimum Gasteiger partial charge on any atom is -0.346 e. The van der Waals surface area contributed by atoms with E-state index in [2.05, 4.69) is 5.32 Å². The Kier molecular flexibility index (Phi) is 4.51. The van der Waals surface area contributed by atoms with Crippen molar-refractivity contribution in [2.45, 2.75) is 26.8 Å². The normalized spacial score (nSPS) is 12.1. The molecule has 4 heteroatoms. The first-order valence-electron chi connectivity index (χ1n) is 3.83. The fraction of sp³-hybridized carbons (Fsp3) is 0.625. The van der Waals surface area contributed by atoms with E-state index in [1.807, 2.05) is 0 Å². The van der Waals surface area contributed by atoms with E-state index in [1.165, 1.54) is 0 Å². The molecule has 0 radical (unpaired) electrons. The summed E-state index contributed by atoms with van der Waals surface area (Å²) in [5.41, 5.74) is 5.62. The van der Waals surface area contributed by atoms with Gasteiger partial charge in [-0.3, -0.25) is 4.79 Å². The predicted octanol–water partition coefficient (Wildman–Crippen LogP) is 0.713. The zero-order valence-corrected chi connectivity index (χ0v) is 7.65. The van der Waals surface area contributed by atoms with Crippen LogP contribution in [0.5, 0.6) is 0 Å². The van der Waals surface area contributed by atoms with Crippen LogP contribution in [0.2, 0.25) is 0 Å². The summed E-state index contributed by atoms with van der Waals surface area (Å²) >= 11 is 0. The first-order valence-corrected chi connectivity index (χ1v) is 3.83. The number of rotatable bonds is 3. The highest BCUT2D eigenvalue weighted by Gasteiger charge is 2.11. The highest BCUT2D eigenvalue weighted by molar-refractivity contribution is 5.91. The number of nitrogens with one attached hydrogen (secondary N) is 1. The lowest BCUT2D eigenvalue weighted by Crippen LogP contribution is -2.38. The van der Waals surface area contributed by atoms with Gasteiger partial charge in [0.2, 0.25) is 0 Å². The van der Waals surface area contributed by atoms with Crippen LogP contribution in [-0.2, 0) is 4.79 Å². The summed E-state index contributed by atoms with van der Waals surface area (Å²) in [5.74, 6) is -1.41. The quantitative estimate of drug-likeness (QED) is 0.619. The van der Waals surface area contributed by atoms with Crippen molar-refractivity contribution in [3.05, 3.63) is 11.4 Å². The van der Waals surface area contributed by atoms with Crippen LogP contribution in [0.4, 0.5) is 4.39 Å². The Bertz CT molecular complexity index is 197. The molecule has 0 aliphatic carbocycles. The summed E-state index contributed by atoms with van der Waals surface area (Å²) in [5, 5.41) is 2.41. The van der Waals surface area contributed by atoms with Crippen LogP contribution in [0.3, 0.4) is 0 Å². The number of hydrogen-bond acceptors (Lipinski definition) is 2. The van der Waals surface area contributed by atoms with E-state index in [0.717, 1.165) is 0 Å². The van der Waals surface area contributed by atoms with E-state index in [9.17, 15) is 9.18 Å². The third kappa shape index (κ3) is 3.48. The van der Waals surface area contributed by atoms with Crippen molar-refractivity contribution in [2.24, 2.45) is 5.73 Å². The van der Waals surface area contributed by atoms with Gasteiger partial charge in [0.1, 0.15) is 0 Å². The SMILES string of the molecule is CC(C)=C(F)C(=O)N[C@@H](C)CN. The van der Waals surface area contributed by atoms with Crippen molar-refractivity contribution >= 4 is 5.91 Å². The fourth-order valence-corrected chi connectivity index (χ4v) is 0.573. The number of nitrogens with two attached hydrogens (primary N) is 1. The van der Waals surface area contributed by atoms with Crippen molar-refractivity contribution < 1.29 is 9.18 Å². The summed E-state index contributed by atoms with van der Waals surface area (Å²) in [6, 6.07) is -0.192. The zero-order chi connectivity index (χ0) is 9.72. The fourth-order valence-electron chi connectivity index (χ4n) is 0.573. The average molecular weight is 174 g/mol. The highest BCUT2D eigenvalue weighted by Crippen LogP contribution is 2.04. The summed E-state index contributed by atoms with van der Waals surface area (Å²) in [7, 11) is 0. The largest absolute Gasteiger partial charge is 0.346 e. The molecule has 0 aromatic heterocycles. The van der Waals surface area contributed by atoms with Crippen molar-refractivity contribution in [1.29, 1.82) is 0 Å². The smallest absolute Gasteiger partial charge is 0.280 e. The number of carbonyl (C=O) groups excluding carboxylic acids is 1. The molecule has 0 saturated carbocycles. The predicted molar refractivity (Wildman–Crippen MR) is 46.1 cm³/mol. The molecule has 0 aliphatic rings. The minimum absolute atomic E-state index is 0.192. The van der Waals surface area contributed by atoms with Gasteiger partial charge in [-0.2, -0.15) is 0 Å². The second-order valence-electron chi connectivity index (χ2n) is 2.92. The summed E-state index contributed by atoms with van der Waals surface area (Å²) in [6.07, 6.45) is 0. The second-order valence-corrected chi connectivity index (χ2v) is 2.92. The van der Waals surface area contributed by atoms with E-state index >= 15 is 0 Å². The van der Waals surface area contributed by atoms with Crippen molar-refractivity contribution in [1.82, 2.24) is 5.32 Å². The van der Waals surface area contributed by atoms with Crippen LogP contribution < -0.4 is 11.1 Å². The first-order chi connectivity index (χ1) is 5.49. The molecule has 3 N–H and O–H groups in total. The highest BCUT2D eigenvalue weighted by atomic mass is 19.1. The molecule has 0 saturated heterocycles. The van der Waals surface area contributed by atoms with Crippen LogP contribution in [0.15, 0.2) is 11.4 Å². The third-order valence-electron chi connectivity index (χ3n) is 1.37. The number of halogens is 1. The number of carbonyl (C=O) groups is 1. The van der Waals surface area contributed by atoms with Gasteiger partial charge in [-0.05, 0) is 26.3 Å². The Morgan fingerprint density at radius 3 is 2.42 bits per heavy atom. The molecule has 0 aromatic carbocycles. The number of hydrogen-bond donors (Lipinski definition) is 2. The monoisotopic (exact) mass is 174 g/mol. The van der Waals surface area contributed by atoms with Crippen LogP contribution >= 0.6 is 0 Å². The maximum Gasteiger partial charge on any atom is 0.280 e. The standard InChI is InChI=1S/C8H15FN2O/c1-5(2)7(9)8(12)11-6(3)4-10/h6H,4,10H2,1-3H3,(H,11,12)/t6-/m0/s1. The van der Waals surface area contributed by atoms with Gasteiger partial charge in [0, 0.05) is 12.6 Å². The number of allylic oxidation sites excluding steroid dienone is 1. The molecule has 0 aromatic rings. The van der Waals surface area contributed by atoms with E-state index in [0.29, 0.717) is 12.1 Å². The van der Waals surface area contributed by atoms with Crippen LogP contribution in [0, 0.1) is 0 Å². The van der Waals surface area contributed by atoms with Crippen LogP contribution in [0.25, 0.3) is 0 Å². The zero-order valence-electron chi connectivity index (χ0n) is 7.65. The van der Waals surface area contributed by atoms with Crippen LogP contribution in [-0.4, -0.2) is 18.5 Å². The Morgan fingerprint density at radius 2 is 2.08 bits per heavy atom. The Morgan fingerprint density at radius 1 is 1.58 bits per heavy atom. The molecule has 0 unspecified atom stereocenters. The van der Waals surface area contributed by atoms with Gasteiger partial charge in [0.05, 0.1) is 0 Å². The lowest BCUT2D eigenvalue weighted by Gasteiger charge is -2.10. The maximum atomic E-state index is 12.8. The lowest BCUT2D eigenvalue weighted by atomic mass is 10.2. The van der Waals surface area contributed by atoms with Gasteiger partial charge < -0.3 is 11.1 Å². The Hall–Kier alpha value is -0.900. The molecule has 0 fully saturated rings.